The van der Waals surface area contributed by atoms with Crippen molar-refractivity contribution < 1.29 is 14.3 Å². The average Bonchev–Trinajstić information content (AvgIpc) is 2.96. The Kier molecular flexibility index (Phi) is 3.36. The van der Waals surface area contributed by atoms with E-state index < -0.39 is 0 Å². The van der Waals surface area contributed by atoms with Crippen molar-refractivity contribution in [3.63, 3.8) is 0 Å². The lowest BCUT2D eigenvalue weighted by atomic mass is 10.1. The van der Waals surface area contributed by atoms with E-state index in [1.807, 2.05) is 6.92 Å². The van der Waals surface area contributed by atoms with Gasteiger partial charge in [0.1, 0.15) is 0 Å². The van der Waals surface area contributed by atoms with E-state index >= 15 is 0 Å². The molecule has 1 unspecified atom stereocenters. The lowest BCUT2D eigenvalue weighted by Gasteiger charge is -2.14. The summed E-state index contributed by atoms with van der Waals surface area (Å²) in [5, 5.41) is 4.15. The van der Waals surface area contributed by atoms with E-state index in [9.17, 15) is 9.59 Å². The molecule has 1 aliphatic rings. The molecule has 0 N–H and O–H groups in total. The number of methoxy groups -OCH3 is 1. The molecule has 18 heavy (non-hydrogen) atoms. The van der Waals surface area contributed by atoms with E-state index in [1.165, 1.54) is 7.11 Å². The highest BCUT2D eigenvalue weighted by Crippen LogP contribution is 2.19. The van der Waals surface area contributed by atoms with Crippen LogP contribution < -0.4 is 0 Å². The number of rotatable bonds is 2. The van der Waals surface area contributed by atoms with Crippen LogP contribution in [0.5, 0.6) is 0 Å². The number of amides is 1. The van der Waals surface area contributed by atoms with Crippen molar-refractivity contribution in [3.8, 4) is 0 Å². The normalized spacial score (nSPS) is 19.1. The van der Waals surface area contributed by atoms with Crippen molar-refractivity contribution in [1.82, 2.24) is 14.7 Å². The maximum absolute atomic E-state index is 12.2. The molecule has 0 saturated carbocycles. The van der Waals surface area contributed by atoms with E-state index in [-0.39, 0.29) is 17.8 Å². The Balaban J connectivity index is 2.05. The lowest BCUT2D eigenvalue weighted by molar-refractivity contribution is -0.144. The SMILES string of the molecule is COC(=O)C1CCN(C(=O)c2cc(C)n(C)n2)C1. The van der Waals surface area contributed by atoms with Crippen LogP contribution in [0.2, 0.25) is 0 Å². The molecule has 6 heteroatoms. The monoisotopic (exact) mass is 251 g/mol. The average molecular weight is 251 g/mol. The zero-order valence-corrected chi connectivity index (χ0v) is 10.8. The molecular weight excluding hydrogens is 234 g/mol. The number of ether oxygens (including phenoxy) is 1. The zero-order valence-electron chi connectivity index (χ0n) is 10.8. The topological polar surface area (TPSA) is 64.4 Å². The first-order chi connectivity index (χ1) is 8.52. The van der Waals surface area contributed by atoms with Crippen LogP contribution in [0.25, 0.3) is 0 Å². The number of hydrogen-bond donors (Lipinski definition) is 0. The highest BCUT2D eigenvalue weighted by molar-refractivity contribution is 5.93. The smallest absolute Gasteiger partial charge is 0.310 e. The second kappa shape index (κ2) is 4.80. The van der Waals surface area contributed by atoms with Gasteiger partial charge in [-0.25, -0.2) is 0 Å². The van der Waals surface area contributed by atoms with Gasteiger partial charge >= 0.3 is 5.97 Å². The van der Waals surface area contributed by atoms with Crippen LogP contribution >= 0.6 is 0 Å². The first kappa shape index (κ1) is 12.6. The molecule has 0 aliphatic carbocycles. The van der Waals surface area contributed by atoms with E-state index in [0.717, 1.165) is 5.69 Å². The molecule has 1 atom stereocenters. The summed E-state index contributed by atoms with van der Waals surface area (Å²) in [6.45, 7) is 2.89. The molecule has 0 bridgehead atoms. The number of aryl methyl sites for hydroxylation is 2. The number of carbonyl (C=O) groups is 2. The summed E-state index contributed by atoms with van der Waals surface area (Å²) < 4.78 is 6.36. The van der Waals surface area contributed by atoms with Gasteiger partial charge in [-0.3, -0.25) is 14.3 Å². The van der Waals surface area contributed by atoms with Gasteiger partial charge in [-0.15, -0.1) is 0 Å². The minimum absolute atomic E-state index is 0.120. The minimum Gasteiger partial charge on any atom is -0.469 e. The first-order valence-corrected chi connectivity index (χ1v) is 5.90. The maximum atomic E-state index is 12.2. The molecule has 1 aromatic rings. The Bertz CT molecular complexity index is 461. The van der Waals surface area contributed by atoms with E-state index in [1.54, 1.807) is 22.7 Å². The van der Waals surface area contributed by atoms with Gasteiger partial charge in [0.2, 0.25) is 0 Å². The number of aromatic nitrogens is 2. The number of esters is 1. The van der Waals surface area contributed by atoms with Gasteiger partial charge in [-0.2, -0.15) is 5.10 Å². The molecule has 0 aromatic carbocycles. The molecule has 1 fully saturated rings. The molecule has 1 aliphatic heterocycles. The maximum Gasteiger partial charge on any atom is 0.310 e. The summed E-state index contributed by atoms with van der Waals surface area (Å²) in [7, 11) is 3.17. The van der Waals surface area contributed by atoms with E-state index in [4.69, 9.17) is 4.74 Å². The van der Waals surface area contributed by atoms with Crippen LogP contribution in [0.1, 0.15) is 22.6 Å². The molecular formula is C12H17N3O3. The fourth-order valence-corrected chi connectivity index (χ4v) is 2.13. The lowest BCUT2D eigenvalue weighted by Crippen LogP contribution is -2.30. The molecule has 1 amide bonds. The molecule has 98 valence electrons. The number of likely N-dealkylation sites (tertiary alicyclic amines) is 1. The third-order valence-corrected chi connectivity index (χ3v) is 3.34. The summed E-state index contributed by atoms with van der Waals surface area (Å²) in [4.78, 5) is 25.2. The molecule has 2 rings (SSSR count). The predicted molar refractivity (Wildman–Crippen MR) is 64.0 cm³/mol. The highest BCUT2D eigenvalue weighted by atomic mass is 16.5. The quantitative estimate of drug-likeness (QED) is 0.712. The fraction of sp³-hybridized carbons (Fsp3) is 0.583. The third-order valence-electron chi connectivity index (χ3n) is 3.34. The Morgan fingerprint density at radius 2 is 2.22 bits per heavy atom. The van der Waals surface area contributed by atoms with Gasteiger partial charge in [-0.1, -0.05) is 0 Å². The summed E-state index contributed by atoms with van der Waals surface area (Å²) in [5.41, 5.74) is 1.36. The Morgan fingerprint density at radius 3 is 2.78 bits per heavy atom. The molecule has 2 heterocycles. The third kappa shape index (κ3) is 2.23. The highest BCUT2D eigenvalue weighted by Gasteiger charge is 2.32. The molecule has 0 radical (unpaired) electrons. The van der Waals surface area contributed by atoms with E-state index in [0.29, 0.717) is 25.2 Å². The van der Waals surface area contributed by atoms with Crippen molar-refractivity contribution >= 4 is 11.9 Å². The van der Waals surface area contributed by atoms with Crippen molar-refractivity contribution in [1.29, 1.82) is 0 Å². The largest absolute Gasteiger partial charge is 0.469 e. The number of carbonyl (C=O) groups excluding carboxylic acids is 2. The second-order valence-corrected chi connectivity index (χ2v) is 4.55. The number of hydrogen-bond acceptors (Lipinski definition) is 4. The van der Waals surface area contributed by atoms with Gasteiger partial charge in [0.25, 0.3) is 5.91 Å². The van der Waals surface area contributed by atoms with Gasteiger partial charge in [0, 0.05) is 25.8 Å². The molecule has 0 spiro atoms. The van der Waals surface area contributed by atoms with Crippen LogP contribution in [0.15, 0.2) is 6.07 Å². The summed E-state index contributed by atoms with van der Waals surface area (Å²) in [6.07, 6.45) is 0.657. The van der Waals surface area contributed by atoms with Crippen molar-refractivity contribution in [2.75, 3.05) is 20.2 Å². The number of nitrogens with zero attached hydrogens (tertiary/aromatic N) is 3. The van der Waals surface area contributed by atoms with Gasteiger partial charge in [0.15, 0.2) is 5.69 Å². The molecule has 1 saturated heterocycles. The summed E-state index contributed by atoms with van der Waals surface area (Å²) >= 11 is 0. The van der Waals surface area contributed by atoms with Crippen molar-refractivity contribution in [2.24, 2.45) is 13.0 Å². The van der Waals surface area contributed by atoms with Crippen LogP contribution in [0.4, 0.5) is 0 Å². The van der Waals surface area contributed by atoms with Crippen molar-refractivity contribution in [3.05, 3.63) is 17.5 Å². The Labute approximate surface area is 106 Å². The summed E-state index contributed by atoms with van der Waals surface area (Å²) in [6, 6.07) is 1.76. The molecule has 1 aromatic heterocycles. The van der Waals surface area contributed by atoms with Crippen molar-refractivity contribution in [2.45, 2.75) is 13.3 Å². The van der Waals surface area contributed by atoms with Crippen LogP contribution in [0.3, 0.4) is 0 Å². The van der Waals surface area contributed by atoms with E-state index in [2.05, 4.69) is 5.10 Å². The molecule has 6 nitrogen and oxygen atoms in total. The zero-order chi connectivity index (χ0) is 13.3. The fourth-order valence-electron chi connectivity index (χ4n) is 2.13. The van der Waals surface area contributed by atoms with Gasteiger partial charge in [0.05, 0.1) is 13.0 Å². The standard InChI is InChI=1S/C12H17N3O3/c1-8-6-10(13-14(8)2)11(16)15-5-4-9(7-15)12(17)18-3/h6,9H,4-5,7H2,1-3H3. The summed E-state index contributed by atoms with van der Waals surface area (Å²) in [5.74, 6) is -0.573. The minimum atomic E-state index is -0.248. The van der Waals surface area contributed by atoms with Crippen LogP contribution in [-0.2, 0) is 16.6 Å². The van der Waals surface area contributed by atoms with Gasteiger partial charge < -0.3 is 9.64 Å². The Morgan fingerprint density at radius 1 is 1.50 bits per heavy atom. The van der Waals surface area contributed by atoms with Gasteiger partial charge in [-0.05, 0) is 19.4 Å². The first-order valence-electron chi connectivity index (χ1n) is 5.90. The van der Waals surface area contributed by atoms with Crippen LogP contribution in [-0.4, -0.2) is 46.8 Å². The Hall–Kier alpha value is -1.85. The second-order valence-electron chi connectivity index (χ2n) is 4.55. The predicted octanol–water partition coefficient (Wildman–Crippen LogP) is 0.364. The van der Waals surface area contributed by atoms with Crippen LogP contribution in [0, 0.1) is 12.8 Å².